The number of carbonyl (C=O) groups is 1. The fraction of sp³-hybridized carbons (Fsp3) is 0.111. The third-order valence-corrected chi connectivity index (χ3v) is 3.34. The minimum absolute atomic E-state index is 0.222. The SMILES string of the molecule is CCOC(=O)c1cc(-c2ccccc2)c2cc(F)ccc2n1. The maximum atomic E-state index is 13.6. The van der Waals surface area contributed by atoms with Gasteiger partial charge in [-0.1, -0.05) is 30.3 Å². The van der Waals surface area contributed by atoms with Crippen LogP contribution in [-0.2, 0) is 4.74 Å². The molecular weight excluding hydrogens is 281 g/mol. The van der Waals surface area contributed by atoms with Crippen LogP contribution in [0.4, 0.5) is 4.39 Å². The molecule has 2 aromatic carbocycles. The zero-order valence-corrected chi connectivity index (χ0v) is 12.0. The second-order valence-corrected chi connectivity index (χ2v) is 4.80. The van der Waals surface area contributed by atoms with E-state index in [4.69, 9.17) is 4.74 Å². The Bertz CT molecular complexity index is 831. The average Bonchev–Trinajstić information content (AvgIpc) is 2.55. The molecule has 0 aliphatic carbocycles. The molecule has 0 aliphatic rings. The van der Waals surface area contributed by atoms with Crippen LogP contribution in [0.5, 0.6) is 0 Å². The number of pyridine rings is 1. The van der Waals surface area contributed by atoms with Crippen LogP contribution in [0.25, 0.3) is 22.0 Å². The Morgan fingerprint density at radius 2 is 1.91 bits per heavy atom. The Labute approximate surface area is 127 Å². The first kappa shape index (κ1) is 14.2. The molecule has 0 aliphatic heterocycles. The molecule has 3 rings (SSSR count). The number of carbonyl (C=O) groups excluding carboxylic acids is 1. The first-order chi connectivity index (χ1) is 10.7. The smallest absolute Gasteiger partial charge is 0.356 e. The van der Waals surface area contributed by atoms with Gasteiger partial charge in [0.15, 0.2) is 0 Å². The molecule has 0 amide bonds. The number of nitrogens with zero attached hydrogens (tertiary/aromatic N) is 1. The Morgan fingerprint density at radius 3 is 2.64 bits per heavy atom. The predicted octanol–water partition coefficient (Wildman–Crippen LogP) is 4.22. The van der Waals surface area contributed by atoms with Crippen molar-refractivity contribution in [1.29, 1.82) is 0 Å². The lowest BCUT2D eigenvalue weighted by molar-refractivity contribution is 0.0520. The quantitative estimate of drug-likeness (QED) is 0.679. The van der Waals surface area contributed by atoms with Gasteiger partial charge in [-0.2, -0.15) is 0 Å². The highest BCUT2D eigenvalue weighted by Crippen LogP contribution is 2.29. The molecule has 22 heavy (non-hydrogen) atoms. The molecule has 0 unspecified atom stereocenters. The van der Waals surface area contributed by atoms with Crippen molar-refractivity contribution in [3.8, 4) is 11.1 Å². The van der Waals surface area contributed by atoms with Crippen LogP contribution in [0.15, 0.2) is 54.6 Å². The Kier molecular flexibility index (Phi) is 3.83. The van der Waals surface area contributed by atoms with Crippen molar-refractivity contribution >= 4 is 16.9 Å². The second-order valence-electron chi connectivity index (χ2n) is 4.80. The summed E-state index contributed by atoms with van der Waals surface area (Å²) in [5.41, 5.74) is 2.44. The van der Waals surface area contributed by atoms with Gasteiger partial charge < -0.3 is 4.74 Å². The lowest BCUT2D eigenvalue weighted by Crippen LogP contribution is -2.07. The van der Waals surface area contributed by atoms with E-state index >= 15 is 0 Å². The number of fused-ring (bicyclic) bond motifs is 1. The summed E-state index contributed by atoms with van der Waals surface area (Å²) >= 11 is 0. The van der Waals surface area contributed by atoms with E-state index in [1.165, 1.54) is 12.1 Å². The predicted molar refractivity (Wildman–Crippen MR) is 83.1 cm³/mol. The van der Waals surface area contributed by atoms with Gasteiger partial charge in [0, 0.05) is 5.39 Å². The van der Waals surface area contributed by atoms with Gasteiger partial charge in [-0.3, -0.25) is 0 Å². The molecule has 0 radical (unpaired) electrons. The number of aromatic nitrogens is 1. The van der Waals surface area contributed by atoms with E-state index in [-0.39, 0.29) is 18.1 Å². The first-order valence-electron chi connectivity index (χ1n) is 7.02. The van der Waals surface area contributed by atoms with Crippen LogP contribution in [0.1, 0.15) is 17.4 Å². The minimum Gasteiger partial charge on any atom is -0.461 e. The fourth-order valence-corrected chi connectivity index (χ4v) is 2.36. The van der Waals surface area contributed by atoms with Gasteiger partial charge in [-0.05, 0) is 42.3 Å². The summed E-state index contributed by atoms with van der Waals surface area (Å²) in [4.78, 5) is 16.3. The summed E-state index contributed by atoms with van der Waals surface area (Å²) in [6.45, 7) is 2.02. The lowest BCUT2D eigenvalue weighted by atomic mass is 10.00. The summed E-state index contributed by atoms with van der Waals surface area (Å²) < 4.78 is 18.6. The van der Waals surface area contributed by atoms with Gasteiger partial charge in [0.2, 0.25) is 0 Å². The molecule has 0 spiro atoms. The number of benzene rings is 2. The first-order valence-corrected chi connectivity index (χ1v) is 7.02. The van der Waals surface area contributed by atoms with Crippen LogP contribution in [-0.4, -0.2) is 17.6 Å². The highest BCUT2D eigenvalue weighted by atomic mass is 19.1. The molecule has 0 saturated heterocycles. The molecule has 0 atom stereocenters. The van der Waals surface area contributed by atoms with Gasteiger partial charge in [0.1, 0.15) is 11.5 Å². The topological polar surface area (TPSA) is 39.2 Å². The Balaban J connectivity index is 2.26. The third kappa shape index (κ3) is 2.68. The number of rotatable bonds is 3. The maximum Gasteiger partial charge on any atom is 0.356 e. The summed E-state index contributed by atoms with van der Waals surface area (Å²) in [7, 11) is 0. The zero-order chi connectivity index (χ0) is 15.5. The van der Waals surface area contributed by atoms with Crippen molar-refractivity contribution in [1.82, 2.24) is 4.98 Å². The van der Waals surface area contributed by atoms with E-state index in [0.717, 1.165) is 11.1 Å². The van der Waals surface area contributed by atoms with Crippen LogP contribution in [0, 0.1) is 5.82 Å². The molecule has 0 fully saturated rings. The number of hydrogen-bond donors (Lipinski definition) is 0. The van der Waals surface area contributed by atoms with E-state index in [1.54, 1.807) is 19.1 Å². The van der Waals surface area contributed by atoms with Gasteiger partial charge >= 0.3 is 5.97 Å². The molecule has 4 heteroatoms. The fourth-order valence-electron chi connectivity index (χ4n) is 2.36. The van der Waals surface area contributed by atoms with E-state index in [2.05, 4.69) is 4.98 Å². The molecule has 1 heterocycles. The number of esters is 1. The lowest BCUT2D eigenvalue weighted by Gasteiger charge is -2.09. The molecule has 3 aromatic rings. The maximum absolute atomic E-state index is 13.6. The second kappa shape index (κ2) is 5.93. The number of ether oxygens (including phenoxy) is 1. The highest BCUT2D eigenvalue weighted by Gasteiger charge is 2.14. The minimum atomic E-state index is -0.481. The monoisotopic (exact) mass is 295 g/mol. The van der Waals surface area contributed by atoms with Gasteiger partial charge in [0.05, 0.1) is 12.1 Å². The van der Waals surface area contributed by atoms with E-state index in [9.17, 15) is 9.18 Å². The molecule has 3 nitrogen and oxygen atoms in total. The van der Waals surface area contributed by atoms with Crippen LogP contribution in [0.3, 0.4) is 0 Å². The summed E-state index contributed by atoms with van der Waals surface area (Å²) in [5, 5.41) is 0.666. The average molecular weight is 295 g/mol. The molecule has 1 aromatic heterocycles. The highest BCUT2D eigenvalue weighted by molar-refractivity contribution is 5.99. The van der Waals surface area contributed by atoms with Crippen molar-refractivity contribution < 1.29 is 13.9 Å². The van der Waals surface area contributed by atoms with Gasteiger partial charge in [-0.25, -0.2) is 14.2 Å². The zero-order valence-electron chi connectivity index (χ0n) is 12.0. The largest absolute Gasteiger partial charge is 0.461 e. The Morgan fingerprint density at radius 1 is 1.14 bits per heavy atom. The van der Waals surface area contributed by atoms with Crippen molar-refractivity contribution in [3.63, 3.8) is 0 Å². The van der Waals surface area contributed by atoms with Crippen molar-refractivity contribution in [2.75, 3.05) is 6.61 Å². The van der Waals surface area contributed by atoms with Crippen molar-refractivity contribution in [3.05, 3.63) is 66.1 Å². The van der Waals surface area contributed by atoms with Crippen molar-refractivity contribution in [2.45, 2.75) is 6.92 Å². The molecule has 0 saturated carbocycles. The third-order valence-electron chi connectivity index (χ3n) is 3.34. The normalized spacial score (nSPS) is 10.6. The number of halogens is 1. The van der Waals surface area contributed by atoms with E-state index in [1.807, 2.05) is 30.3 Å². The summed E-state index contributed by atoms with van der Waals surface area (Å²) in [6, 6.07) is 15.5. The molecule has 0 N–H and O–H groups in total. The number of hydrogen-bond acceptors (Lipinski definition) is 3. The van der Waals surface area contributed by atoms with Gasteiger partial charge in [-0.15, -0.1) is 0 Å². The van der Waals surface area contributed by atoms with Gasteiger partial charge in [0.25, 0.3) is 0 Å². The molecule has 0 bridgehead atoms. The van der Waals surface area contributed by atoms with Crippen molar-refractivity contribution in [2.24, 2.45) is 0 Å². The standard InChI is InChI=1S/C18H14FNO2/c1-2-22-18(21)17-11-14(12-6-4-3-5-7-12)15-10-13(19)8-9-16(15)20-17/h3-11H,2H2,1H3. The molecule has 110 valence electrons. The summed E-state index contributed by atoms with van der Waals surface area (Å²) in [5.74, 6) is -0.818. The van der Waals surface area contributed by atoms with E-state index in [0.29, 0.717) is 10.9 Å². The molecular formula is C18H14FNO2. The Hall–Kier alpha value is -2.75. The summed E-state index contributed by atoms with van der Waals surface area (Å²) in [6.07, 6.45) is 0. The van der Waals surface area contributed by atoms with E-state index < -0.39 is 5.97 Å². The van der Waals surface area contributed by atoms with Crippen LogP contribution in [0.2, 0.25) is 0 Å². The van der Waals surface area contributed by atoms with Crippen LogP contribution < -0.4 is 0 Å². The van der Waals surface area contributed by atoms with Crippen LogP contribution >= 0.6 is 0 Å².